The Hall–Kier alpha value is -1.89. The number of hydrogen-bond donors (Lipinski definition) is 1. The molecule has 6 nitrogen and oxygen atoms in total. The van der Waals surface area contributed by atoms with Gasteiger partial charge in [-0.15, -0.1) is 0 Å². The molecule has 9 heteroatoms. The molecule has 0 bridgehead atoms. The second-order valence-corrected chi connectivity index (χ2v) is 6.05. The van der Waals surface area contributed by atoms with Crippen molar-refractivity contribution in [3.8, 4) is 0 Å². The van der Waals surface area contributed by atoms with Crippen LogP contribution >= 0.6 is 34.8 Å². The molecule has 1 atom stereocenters. The normalized spacial score (nSPS) is 11.7. The summed E-state index contributed by atoms with van der Waals surface area (Å²) in [7, 11) is 0. The highest BCUT2D eigenvalue weighted by Crippen LogP contribution is 2.32. The number of benzene rings is 1. The van der Waals surface area contributed by atoms with E-state index in [9.17, 15) is 9.59 Å². The van der Waals surface area contributed by atoms with Gasteiger partial charge in [-0.05, 0) is 26.0 Å². The number of esters is 1. The minimum absolute atomic E-state index is 0.00724. The fraction of sp³-hybridized carbons (Fsp3) is 0.200. The molecule has 0 radical (unpaired) electrons. The lowest BCUT2D eigenvalue weighted by Crippen LogP contribution is -2.30. The highest BCUT2D eigenvalue weighted by atomic mass is 35.5. The zero-order valence-corrected chi connectivity index (χ0v) is 14.9. The Bertz CT molecular complexity index is 782. The van der Waals surface area contributed by atoms with Crippen LogP contribution in [0.4, 0.5) is 5.69 Å². The Morgan fingerprint density at radius 1 is 1.08 bits per heavy atom. The predicted octanol–water partition coefficient (Wildman–Crippen LogP) is 3.93. The van der Waals surface area contributed by atoms with Crippen molar-refractivity contribution in [2.75, 3.05) is 5.32 Å². The van der Waals surface area contributed by atoms with E-state index in [1.54, 1.807) is 6.92 Å². The van der Waals surface area contributed by atoms with Crippen LogP contribution in [-0.4, -0.2) is 27.9 Å². The number of ether oxygens (including phenoxy) is 1. The van der Waals surface area contributed by atoms with Crippen LogP contribution in [0.3, 0.4) is 0 Å². The summed E-state index contributed by atoms with van der Waals surface area (Å²) >= 11 is 17.7. The molecule has 0 spiro atoms. The summed E-state index contributed by atoms with van der Waals surface area (Å²) in [6, 6.07) is 2.81. The number of amides is 1. The first kappa shape index (κ1) is 18.4. The minimum Gasteiger partial charge on any atom is -0.448 e. The molecule has 1 N–H and O–H groups in total. The second kappa shape index (κ2) is 7.79. The minimum atomic E-state index is -1.08. The largest absolute Gasteiger partial charge is 0.448 e. The first-order valence-electron chi connectivity index (χ1n) is 6.73. The van der Waals surface area contributed by atoms with E-state index in [-0.39, 0.29) is 26.4 Å². The van der Waals surface area contributed by atoms with E-state index < -0.39 is 18.0 Å². The molecule has 0 aliphatic carbocycles. The van der Waals surface area contributed by atoms with Crippen molar-refractivity contribution in [1.29, 1.82) is 0 Å². The maximum Gasteiger partial charge on any atom is 0.359 e. The first-order chi connectivity index (χ1) is 11.3. The van der Waals surface area contributed by atoms with Gasteiger partial charge in [0.15, 0.2) is 11.8 Å². The summed E-state index contributed by atoms with van der Waals surface area (Å²) in [5, 5.41) is 3.22. The van der Waals surface area contributed by atoms with Crippen LogP contribution in [0.5, 0.6) is 0 Å². The molecule has 1 amide bonds. The van der Waals surface area contributed by atoms with Crippen molar-refractivity contribution in [1.82, 2.24) is 9.97 Å². The van der Waals surface area contributed by atoms with Crippen LogP contribution in [0.15, 0.2) is 24.5 Å². The van der Waals surface area contributed by atoms with E-state index in [4.69, 9.17) is 39.5 Å². The maximum absolute atomic E-state index is 12.1. The van der Waals surface area contributed by atoms with Crippen LogP contribution in [0, 0.1) is 6.92 Å². The molecule has 0 saturated carbocycles. The first-order valence-corrected chi connectivity index (χ1v) is 7.86. The van der Waals surface area contributed by atoms with Gasteiger partial charge in [-0.2, -0.15) is 0 Å². The average Bonchev–Trinajstić information content (AvgIpc) is 2.53. The smallest absolute Gasteiger partial charge is 0.359 e. The summed E-state index contributed by atoms with van der Waals surface area (Å²) in [5.74, 6) is -1.34. The van der Waals surface area contributed by atoms with E-state index >= 15 is 0 Å². The highest BCUT2D eigenvalue weighted by Gasteiger charge is 2.21. The molecule has 0 aliphatic heterocycles. The van der Waals surface area contributed by atoms with Crippen LogP contribution in [0.25, 0.3) is 0 Å². The van der Waals surface area contributed by atoms with Gasteiger partial charge in [-0.1, -0.05) is 34.8 Å². The third kappa shape index (κ3) is 4.56. The van der Waals surface area contributed by atoms with Crippen LogP contribution in [-0.2, 0) is 9.53 Å². The van der Waals surface area contributed by atoms with Crippen molar-refractivity contribution in [2.24, 2.45) is 0 Å². The lowest BCUT2D eigenvalue weighted by molar-refractivity contribution is -0.123. The molecule has 0 aliphatic rings. The number of rotatable bonds is 4. The van der Waals surface area contributed by atoms with Gasteiger partial charge < -0.3 is 10.1 Å². The average molecular weight is 389 g/mol. The fourth-order valence-corrected chi connectivity index (χ4v) is 2.22. The third-order valence-corrected chi connectivity index (χ3v) is 3.95. The zero-order valence-electron chi connectivity index (χ0n) is 12.6. The molecule has 24 heavy (non-hydrogen) atoms. The number of nitrogens with one attached hydrogen (secondary N) is 1. The van der Waals surface area contributed by atoms with E-state index in [0.29, 0.717) is 5.69 Å². The molecule has 2 rings (SSSR count). The summed E-state index contributed by atoms with van der Waals surface area (Å²) in [5.41, 5.74) is 0.925. The number of hydrogen-bond acceptors (Lipinski definition) is 5. The van der Waals surface area contributed by atoms with Gasteiger partial charge in [-0.25, -0.2) is 9.78 Å². The maximum atomic E-state index is 12.1. The van der Waals surface area contributed by atoms with Gasteiger partial charge in [0.2, 0.25) is 0 Å². The van der Waals surface area contributed by atoms with Crippen molar-refractivity contribution in [2.45, 2.75) is 20.0 Å². The van der Waals surface area contributed by atoms with Crippen LogP contribution in [0.2, 0.25) is 15.1 Å². The number of carbonyl (C=O) groups excluding carboxylic acids is 2. The molecule has 0 fully saturated rings. The summed E-state index contributed by atoms with van der Waals surface area (Å²) in [4.78, 5) is 31.9. The zero-order chi connectivity index (χ0) is 17.9. The number of nitrogens with zero attached hydrogens (tertiary/aromatic N) is 2. The summed E-state index contributed by atoms with van der Waals surface area (Å²) < 4.78 is 5.05. The van der Waals surface area contributed by atoms with Gasteiger partial charge in [0.1, 0.15) is 0 Å². The topological polar surface area (TPSA) is 81.2 Å². The Morgan fingerprint density at radius 2 is 1.75 bits per heavy atom. The Balaban J connectivity index is 2.03. The quantitative estimate of drug-likeness (QED) is 0.634. The van der Waals surface area contributed by atoms with Crippen molar-refractivity contribution in [3.63, 3.8) is 0 Å². The molecule has 0 saturated heterocycles. The number of carbonyl (C=O) groups is 2. The van der Waals surface area contributed by atoms with E-state index in [2.05, 4.69) is 15.3 Å². The third-order valence-electron chi connectivity index (χ3n) is 2.91. The Kier molecular flexibility index (Phi) is 5.99. The van der Waals surface area contributed by atoms with E-state index in [0.717, 1.165) is 0 Å². The summed E-state index contributed by atoms with van der Waals surface area (Å²) in [6.45, 7) is 3.15. The van der Waals surface area contributed by atoms with Crippen LogP contribution in [0.1, 0.15) is 23.1 Å². The lowest BCUT2D eigenvalue weighted by Gasteiger charge is -2.14. The fourth-order valence-electron chi connectivity index (χ4n) is 1.63. The molecule has 1 aromatic carbocycles. The molecule has 1 heterocycles. The lowest BCUT2D eigenvalue weighted by atomic mass is 10.3. The standard InChI is InChI=1S/C15H12Cl3N3O3/c1-7-5-20-13(6-19-7)15(23)24-8(2)14(22)21-12-4-10(17)9(16)3-11(12)18/h3-6,8H,1-2H3,(H,21,22). The number of halogens is 3. The van der Waals surface area contributed by atoms with E-state index in [1.165, 1.54) is 31.5 Å². The molecule has 2 aromatic rings. The Labute approximate surface area is 153 Å². The summed E-state index contributed by atoms with van der Waals surface area (Å²) in [6.07, 6.45) is 1.63. The monoisotopic (exact) mass is 387 g/mol. The van der Waals surface area contributed by atoms with Gasteiger partial charge in [-0.3, -0.25) is 9.78 Å². The van der Waals surface area contributed by atoms with Gasteiger partial charge in [0.05, 0.1) is 32.6 Å². The molecular weight excluding hydrogens is 377 g/mol. The second-order valence-electron chi connectivity index (χ2n) is 4.83. The highest BCUT2D eigenvalue weighted by molar-refractivity contribution is 6.44. The van der Waals surface area contributed by atoms with Gasteiger partial charge >= 0.3 is 5.97 Å². The molecule has 1 aromatic heterocycles. The van der Waals surface area contributed by atoms with Crippen molar-refractivity contribution >= 4 is 52.4 Å². The SMILES string of the molecule is Cc1cnc(C(=O)OC(C)C(=O)Nc2cc(Cl)c(Cl)cc2Cl)cn1. The predicted molar refractivity (Wildman–Crippen MR) is 91.7 cm³/mol. The number of anilines is 1. The number of aromatic nitrogens is 2. The Morgan fingerprint density at radius 3 is 2.38 bits per heavy atom. The van der Waals surface area contributed by atoms with Gasteiger partial charge in [0, 0.05) is 6.20 Å². The van der Waals surface area contributed by atoms with E-state index in [1.807, 2.05) is 0 Å². The molecule has 126 valence electrons. The molecule has 1 unspecified atom stereocenters. The number of aryl methyl sites for hydroxylation is 1. The van der Waals surface area contributed by atoms with Crippen molar-refractivity contribution in [3.05, 3.63) is 51.0 Å². The van der Waals surface area contributed by atoms with Crippen LogP contribution < -0.4 is 5.32 Å². The van der Waals surface area contributed by atoms with Crippen molar-refractivity contribution < 1.29 is 14.3 Å². The molecular formula is C15H12Cl3N3O3. The van der Waals surface area contributed by atoms with Gasteiger partial charge in [0.25, 0.3) is 5.91 Å².